The first-order valence-electron chi connectivity index (χ1n) is 10.3. The first-order chi connectivity index (χ1) is 14.2. The normalized spacial score (nSPS) is 18.0. The highest BCUT2D eigenvalue weighted by molar-refractivity contribution is 14.0. The second-order valence-corrected chi connectivity index (χ2v) is 7.88. The van der Waals surface area contributed by atoms with Crippen molar-refractivity contribution in [1.82, 2.24) is 15.5 Å². The van der Waals surface area contributed by atoms with E-state index in [0.29, 0.717) is 30.5 Å². The number of rotatable bonds is 9. The fourth-order valence-corrected chi connectivity index (χ4v) is 3.24. The molecule has 1 heterocycles. The second-order valence-electron chi connectivity index (χ2n) is 7.88. The predicted octanol–water partition coefficient (Wildman–Crippen LogP) is 3.41. The highest BCUT2D eigenvalue weighted by Gasteiger charge is 2.27. The average molecular weight is 558 g/mol. The maximum Gasteiger partial charge on any atom is 0.411 e. The van der Waals surface area contributed by atoms with Crippen molar-refractivity contribution in [2.45, 2.75) is 39.3 Å². The van der Waals surface area contributed by atoms with Crippen molar-refractivity contribution in [2.24, 2.45) is 10.9 Å². The minimum Gasteiger partial charge on any atom is -0.374 e. The van der Waals surface area contributed by atoms with Gasteiger partial charge in [0.2, 0.25) is 0 Å². The Balaban J connectivity index is 0.00000480. The minimum atomic E-state index is -4.30. The Morgan fingerprint density at radius 2 is 1.90 bits per heavy atom. The average Bonchev–Trinajstić information content (AvgIpc) is 2.68. The van der Waals surface area contributed by atoms with E-state index in [1.165, 1.54) is 0 Å². The molecule has 0 amide bonds. The van der Waals surface area contributed by atoms with E-state index in [-0.39, 0.29) is 36.7 Å². The molecule has 0 radical (unpaired) electrons. The van der Waals surface area contributed by atoms with Gasteiger partial charge in [0.05, 0.1) is 19.3 Å². The molecule has 0 spiro atoms. The van der Waals surface area contributed by atoms with Crippen LogP contribution in [0.5, 0.6) is 0 Å². The summed E-state index contributed by atoms with van der Waals surface area (Å²) in [5, 5.41) is 6.54. The van der Waals surface area contributed by atoms with Crippen LogP contribution in [0.4, 0.5) is 13.2 Å². The van der Waals surface area contributed by atoms with Gasteiger partial charge in [-0.2, -0.15) is 13.2 Å². The molecule has 1 saturated heterocycles. The number of nitrogens with one attached hydrogen (secondary N) is 2. The van der Waals surface area contributed by atoms with Gasteiger partial charge >= 0.3 is 6.18 Å². The lowest BCUT2D eigenvalue weighted by Gasteiger charge is -2.34. The van der Waals surface area contributed by atoms with E-state index in [9.17, 15) is 13.2 Å². The van der Waals surface area contributed by atoms with Gasteiger partial charge in [-0.1, -0.05) is 38.1 Å². The van der Waals surface area contributed by atoms with E-state index in [0.717, 1.165) is 31.8 Å². The molecule has 1 atom stereocenters. The summed E-state index contributed by atoms with van der Waals surface area (Å²) >= 11 is 0. The molecule has 6 nitrogen and oxygen atoms in total. The molecular weight excluding hydrogens is 524 g/mol. The van der Waals surface area contributed by atoms with Crippen LogP contribution >= 0.6 is 24.0 Å². The number of nitrogens with zero attached hydrogens (tertiary/aromatic N) is 2. The molecule has 2 N–H and O–H groups in total. The lowest BCUT2D eigenvalue weighted by molar-refractivity contribution is -0.176. The fraction of sp³-hybridized carbons (Fsp3) is 0.667. The van der Waals surface area contributed by atoms with Gasteiger partial charge in [0.15, 0.2) is 5.96 Å². The van der Waals surface area contributed by atoms with Crippen LogP contribution in [0.3, 0.4) is 0 Å². The molecule has 1 aromatic rings. The fourth-order valence-electron chi connectivity index (χ4n) is 3.24. The number of aliphatic imine (C=N–C) groups is 1. The number of halogens is 4. The maximum atomic E-state index is 12.1. The van der Waals surface area contributed by atoms with E-state index >= 15 is 0 Å². The van der Waals surface area contributed by atoms with Gasteiger partial charge in [0.25, 0.3) is 0 Å². The van der Waals surface area contributed by atoms with Gasteiger partial charge in [-0.05, 0) is 17.0 Å². The summed E-state index contributed by atoms with van der Waals surface area (Å²) in [7, 11) is 1.71. The summed E-state index contributed by atoms with van der Waals surface area (Å²) in [4.78, 5) is 6.66. The Bertz CT molecular complexity index is 657. The molecule has 0 aromatic heterocycles. The standard InChI is InChI=1S/C21H33F3N4O2.HI/c1-16(2)12-28-8-9-30-19(13-28)11-27-20(25-3)26-10-17-4-6-18(7-5-17)14-29-15-21(22,23)24;/h4-7,16,19H,8-15H2,1-3H3,(H2,25,26,27);1H. The number of morpholine rings is 1. The van der Waals surface area contributed by atoms with Crippen LogP contribution in [0.15, 0.2) is 29.3 Å². The van der Waals surface area contributed by atoms with Crippen LogP contribution in [0.2, 0.25) is 0 Å². The van der Waals surface area contributed by atoms with Gasteiger partial charge in [0.1, 0.15) is 6.61 Å². The molecule has 178 valence electrons. The van der Waals surface area contributed by atoms with Gasteiger partial charge < -0.3 is 20.1 Å². The van der Waals surface area contributed by atoms with Crippen molar-refractivity contribution in [1.29, 1.82) is 0 Å². The SMILES string of the molecule is CN=C(NCc1ccc(COCC(F)(F)F)cc1)NCC1CN(CC(C)C)CCO1.I. The number of hydrogen-bond acceptors (Lipinski definition) is 4. The zero-order valence-corrected chi connectivity index (χ0v) is 20.7. The third-order valence-electron chi connectivity index (χ3n) is 4.58. The van der Waals surface area contributed by atoms with E-state index in [1.54, 1.807) is 19.2 Å². The van der Waals surface area contributed by atoms with Gasteiger partial charge in [-0.15, -0.1) is 24.0 Å². The summed E-state index contributed by atoms with van der Waals surface area (Å²) in [5.74, 6) is 1.31. The highest BCUT2D eigenvalue weighted by atomic mass is 127. The van der Waals surface area contributed by atoms with E-state index < -0.39 is 12.8 Å². The zero-order chi connectivity index (χ0) is 22.0. The number of alkyl halides is 3. The first-order valence-corrected chi connectivity index (χ1v) is 10.3. The molecule has 1 aliphatic rings. The van der Waals surface area contributed by atoms with Crippen molar-refractivity contribution >= 4 is 29.9 Å². The summed E-state index contributed by atoms with van der Waals surface area (Å²) in [6.45, 7) is 8.04. The molecule has 0 saturated carbocycles. The number of guanidine groups is 1. The molecule has 31 heavy (non-hydrogen) atoms. The Morgan fingerprint density at radius 3 is 2.52 bits per heavy atom. The van der Waals surface area contributed by atoms with Gasteiger partial charge in [0, 0.05) is 39.8 Å². The van der Waals surface area contributed by atoms with Crippen molar-refractivity contribution in [3.8, 4) is 0 Å². The van der Waals surface area contributed by atoms with Crippen molar-refractivity contribution in [2.75, 3.05) is 46.4 Å². The van der Waals surface area contributed by atoms with Gasteiger partial charge in [-0.25, -0.2) is 0 Å². The van der Waals surface area contributed by atoms with Crippen LogP contribution in [-0.4, -0.2) is 69.6 Å². The Hall–Kier alpha value is -1.11. The molecule has 0 bridgehead atoms. The van der Waals surface area contributed by atoms with E-state index in [1.807, 2.05) is 12.1 Å². The molecule has 2 rings (SSSR count). The van der Waals surface area contributed by atoms with Crippen molar-refractivity contribution in [3.05, 3.63) is 35.4 Å². The zero-order valence-electron chi connectivity index (χ0n) is 18.4. The lowest BCUT2D eigenvalue weighted by Crippen LogP contribution is -2.50. The van der Waals surface area contributed by atoms with Crippen LogP contribution in [0.25, 0.3) is 0 Å². The summed E-state index contributed by atoms with van der Waals surface area (Å²) < 4.78 is 46.9. The second kappa shape index (κ2) is 14.1. The number of hydrogen-bond donors (Lipinski definition) is 2. The van der Waals surface area contributed by atoms with Crippen LogP contribution in [0.1, 0.15) is 25.0 Å². The van der Waals surface area contributed by atoms with Crippen molar-refractivity contribution < 1.29 is 22.6 Å². The number of ether oxygens (including phenoxy) is 2. The predicted molar refractivity (Wildman–Crippen MR) is 127 cm³/mol. The largest absolute Gasteiger partial charge is 0.411 e. The molecule has 10 heteroatoms. The molecular formula is C21H34F3IN4O2. The van der Waals surface area contributed by atoms with E-state index in [2.05, 4.69) is 39.1 Å². The Morgan fingerprint density at radius 1 is 1.23 bits per heavy atom. The van der Waals surface area contributed by atoms with Crippen LogP contribution in [0, 0.1) is 5.92 Å². The third-order valence-corrected chi connectivity index (χ3v) is 4.58. The molecule has 1 fully saturated rings. The Kier molecular flexibility index (Phi) is 12.7. The molecule has 1 aromatic carbocycles. The third kappa shape index (κ3) is 11.9. The molecule has 1 aliphatic heterocycles. The Labute approximate surface area is 200 Å². The number of benzene rings is 1. The summed E-state index contributed by atoms with van der Waals surface area (Å²) in [6, 6.07) is 7.26. The quantitative estimate of drug-likeness (QED) is 0.277. The summed E-state index contributed by atoms with van der Waals surface area (Å²) in [6.07, 6.45) is -4.19. The van der Waals surface area contributed by atoms with Gasteiger partial charge in [-0.3, -0.25) is 9.89 Å². The summed E-state index contributed by atoms with van der Waals surface area (Å²) in [5.41, 5.74) is 1.69. The van der Waals surface area contributed by atoms with Crippen molar-refractivity contribution in [3.63, 3.8) is 0 Å². The molecule has 1 unspecified atom stereocenters. The van der Waals surface area contributed by atoms with E-state index in [4.69, 9.17) is 4.74 Å². The smallest absolute Gasteiger partial charge is 0.374 e. The lowest BCUT2D eigenvalue weighted by atomic mass is 10.1. The van der Waals surface area contributed by atoms with Crippen LogP contribution < -0.4 is 10.6 Å². The topological polar surface area (TPSA) is 58.1 Å². The van der Waals surface area contributed by atoms with Crippen LogP contribution in [-0.2, 0) is 22.6 Å². The highest BCUT2D eigenvalue weighted by Crippen LogP contribution is 2.16. The minimum absolute atomic E-state index is 0. The first kappa shape index (κ1) is 27.9. The maximum absolute atomic E-state index is 12.1. The molecule has 0 aliphatic carbocycles. The monoisotopic (exact) mass is 558 g/mol.